The van der Waals surface area contributed by atoms with Gasteiger partial charge in [0.25, 0.3) is 0 Å². The third-order valence-electron chi connectivity index (χ3n) is 2.27. The van der Waals surface area contributed by atoms with E-state index in [1.807, 2.05) is 0 Å². The summed E-state index contributed by atoms with van der Waals surface area (Å²) in [6.45, 7) is 0.813. The van der Waals surface area contributed by atoms with Gasteiger partial charge in [-0.1, -0.05) is 34.2 Å². The van der Waals surface area contributed by atoms with Crippen molar-refractivity contribution in [2.75, 3.05) is 11.0 Å². The third kappa shape index (κ3) is 4.64. The highest BCUT2D eigenvalue weighted by atomic mass is 127. The van der Waals surface area contributed by atoms with Crippen molar-refractivity contribution < 1.29 is 4.79 Å². The Morgan fingerprint density at radius 3 is 3.00 bits per heavy atom. The molecule has 0 saturated carbocycles. The lowest BCUT2D eigenvalue weighted by molar-refractivity contribution is -0.118. The lowest BCUT2D eigenvalue weighted by atomic mass is 9.97. The predicted octanol–water partition coefficient (Wildman–Crippen LogP) is 2.43. The van der Waals surface area contributed by atoms with Gasteiger partial charge in [-0.2, -0.15) is 0 Å². The van der Waals surface area contributed by atoms with Crippen molar-refractivity contribution in [1.82, 2.24) is 5.32 Å². The molecule has 2 nitrogen and oxygen atoms in total. The van der Waals surface area contributed by atoms with Gasteiger partial charge in [-0.05, 0) is 32.1 Å². The minimum atomic E-state index is 0.150. The predicted molar refractivity (Wildman–Crippen MR) is 63.1 cm³/mol. The molecule has 0 radical (unpaired) electrons. The number of hydrogen-bond donors (Lipinski definition) is 1. The molecule has 13 heavy (non-hydrogen) atoms. The van der Waals surface area contributed by atoms with E-state index in [0.29, 0.717) is 4.43 Å². The molecule has 3 heteroatoms. The van der Waals surface area contributed by atoms with Crippen LogP contribution in [-0.2, 0) is 4.79 Å². The summed E-state index contributed by atoms with van der Waals surface area (Å²) in [5, 5.41) is 2.89. The molecule has 0 bridgehead atoms. The smallest absolute Gasteiger partial charge is 0.229 e. The molecule has 0 aromatic heterocycles. The molecular weight excluding hydrogens is 277 g/mol. The Bertz CT molecular complexity index is 201. The zero-order chi connectivity index (χ0) is 9.52. The maximum absolute atomic E-state index is 10.9. The summed E-state index contributed by atoms with van der Waals surface area (Å²) < 4.78 is 0.566. The van der Waals surface area contributed by atoms with Crippen LogP contribution < -0.4 is 5.32 Å². The van der Waals surface area contributed by atoms with Gasteiger partial charge in [-0.15, -0.1) is 0 Å². The highest BCUT2D eigenvalue weighted by Crippen LogP contribution is 2.19. The summed E-state index contributed by atoms with van der Waals surface area (Å²) >= 11 is 2.08. The van der Waals surface area contributed by atoms with E-state index in [1.54, 1.807) is 0 Å². The summed E-state index contributed by atoms with van der Waals surface area (Å²) in [6, 6.07) is 0. The van der Waals surface area contributed by atoms with E-state index in [0.717, 1.165) is 13.0 Å². The minimum absolute atomic E-state index is 0.150. The molecule has 0 aromatic rings. The van der Waals surface area contributed by atoms with E-state index >= 15 is 0 Å². The summed E-state index contributed by atoms with van der Waals surface area (Å²) in [5.41, 5.74) is 1.53. The fourth-order valence-electron chi connectivity index (χ4n) is 1.54. The van der Waals surface area contributed by atoms with Crippen molar-refractivity contribution in [3.05, 3.63) is 11.6 Å². The van der Waals surface area contributed by atoms with Gasteiger partial charge >= 0.3 is 0 Å². The first kappa shape index (κ1) is 11.0. The van der Waals surface area contributed by atoms with Crippen LogP contribution in [0.5, 0.6) is 0 Å². The number of carbonyl (C=O) groups excluding carboxylic acids is 1. The van der Waals surface area contributed by atoms with Crippen LogP contribution in [0.25, 0.3) is 0 Å². The Hall–Kier alpha value is -0.0600. The Morgan fingerprint density at radius 1 is 1.54 bits per heavy atom. The van der Waals surface area contributed by atoms with Crippen LogP contribution in [0.3, 0.4) is 0 Å². The van der Waals surface area contributed by atoms with Crippen molar-refractivity contribution in [1.29, 1.82) is 0 Å². The van der Waals surface area contributed by atoms with Crippen LogP contribution in [0, 0.1) is 0 Å². The maximum Gasteiger partial charge on any atom is 0.229 e. The second-order valence-electron chi connectivity index (χ2n) is 3.34. The molecule has 0 saturated heterocycles. The van der Waals surface area contributed by atoms with Crippen LogP contribution >= 0.6 is 22.6 Å². The first-order chi connectivity index (χ1) is 6.33. The second kappa shape index (κ2) is 6.40. The summed E-state index contributed by atoms with van der Waals surface area (Å²) in [7, 11) is 0. The fourth-order valence-corrected chi connectivity index (χ4v) is 1.81. The molecule has 0 aromatic carbocycles. The minimum Gasteiger partial charge on any atom is -0.355 e. The zero-order valence-electron chi connectivity index (χ0n) is 7.81. The summed E-state index contributed by atoms with van der Waals surface area (Å²) in [5.74, 6) is 0.150. The fraction of sp³-hybridized carbons (Fsp3) is 0.700. The van der Waals surface area contributed by atoms with E-state index in [1.165, 1.54) is 31.3 Å². The van der Waals surface area contributed by atoms with Gasteiger partial charge in [-0.25, -0.2) is 0 Å². The van der Waals surface area contributed by atoms with Crippen molar-refractivity contribution in [3.63, 3.8) is 0 Å². The van der Waals surface area contributed by atoms with Crippen LogP contribution in [-0.4, -0.2) is 16.9 Å². The molecule has 74 valence electrons. The maximum atomic E-state index is 10.9. The number of alkyl halides is 1. The van der Waals surface area contributed by atoms with E-state index in [4.69, 9.17) is 0 Å². The molecule has 1 aliphatic rings. The van der Waals surface area contributed by atoms with Crippen LogP contribution in [0.15, 0.2) is 11.6 Å². The zero-order valence-corrected chi connectivity index (χ0v) is 9.97. The average molecular weight is 293 g/mol. The molecule has 1 rings (SSSR count). The molecule has 1 amide bonds. The number of rotatable bonds is 4. The van der Waals surface area contributed by atoms with Gasteiger partial charge in [0.2, 0.25) is 5.91 Å². The van der Waals surface area contributed by atoms with Crippen molar-refractivity contribution in [3.8, 4) is 0 Å². The monoisotopic (exact) mass is 293 g/mol. The van der Waals surface area contributed by atoms with E-state index in [2.05, 4.69) is 34.0 Å². The van der Waals surface area contributed by atoms with Crippen LogP contribution in [0.4, 0.5) is 0 Å². The Morgan fingerprint density at radius 2 is 2.38 bits per heavy atom. The standard InChI is InChI=1S/C10H16INO/c11-8-10(13)12-7-6-9-4-2-1-3-5-9/h4H,1-3,5-8H2,(H,12,13). The lowest BCUT2D eigenvalue weighted by Crippen LogP contribution is -2.25. The van der Waals surface area contributed by atoms with Crippen molar-refractivity contribution >= 4 is 28.5 Å². The second-order valence-corrected chi connectivity index (χ2v) is 4.10. The van der Waals surface area contributed by atoms with E-state index in [-0.39, 0.29) is 5.91 Å². The summed E-state index contributed by atoms with van der Waals surface area (Å²) in [6.07, 6.45) is 8.51. The van der Waals surface area contributed by atoms with Crippen LogP contribution in [0.1, 0.15) is 32.1 Å². The van der Waals surface area contributed by atoms with Crippen LogP contribution in [0.2, 0.25) is 0 Å². The number of hydrogen-bond acceptors (Lipinski definition) is 1. The Kier molecular flexibility index (Phi) is 5.43. The SMILES string of the molecule is O=C(CI)NCCC1=CCCCC1. The Balaban J connectivity index is 2.11. The normalized spacial score (nSPS) is 16.5. The molecule has 0 unspecified atom stereocenters. The molecule has 0 aliphatic heterocycles. The number of carbonyl (C=O) groups is 1. The largest absolute Gasteiger partial charge is 0.355 e. The van der Waals surface area contributed by atoms with Gasteiger partial charge in [0.1, 0.15) is 0 Å². The molecule has 1 aliphatic carbocycles. The van der Waals surface area contributed by atoms with Gasteiger partial charge in [0.15, 0.2) is 0 Å². The highest BCUT2D eigenvalue weighted by molar-refractivity contribution is 14.1. The molecule has 0 spiro atoms. The third-order valence-corrected chi connectivity index (χ3v) is 2.97. The number of amides is 1. The van der Waals surface area contributed by atoms with Gasteiger partial charge < -0.3 is 5.32 Å². The van der Waals surface area contributed by atoms with Crippen molar-refractivity contribution in [2.24, 2.45) is 0 Å². The molecule has 1 N–H and O–H groups in total. The molecule has 0 heterocycles. The quantitative estimate of drug-likeness (QED) is 0.481. The topological polar surface area (TPSA) is 29.1 Å². The summed E-state index contributed by atoms with van der Waals surface area (Å²) in [4.78, 5) is 10.9. The molecular formula is C10H16INO. The lowest BCUT2D eigenvalue weighted by Gasteiger charge is -2.12. The number of halogens is 1. The van der Waals surface area contributed by atoms with E-state index in [9.17, 15) is 4.79 Å². The van der Waals surface area contributed by atoms with E-state index < -0.39 is 0 Å². The first-order valence-electron chi connectivity index (χ1n) is 4.83. The molecule has 0 fully saturated rings. The first-order valence-corrected chi connectivity index (χ1v) is 6.36. The Labute approximate surface area is 93.3 Å². The van der Waals surface area contributed by atoms with Gasteiger partial charge in [-0.3, -0.25) is 4.79 Å². The average Bonchev–Trinajstić information content (AvgIpc) is 2.19. The van der Waals surface area contributed by atoms with Gasteiger partial charge in [0.05, 0.1) is 4.43 Å². The molecule has 0 atom stereocenters. The highest BCUT2D eigenvalue weighted by Gasteiger charge is 2.03. The number of nitrogens with one attached hydrogen (secondary N) is 1. The van der Waals surface area contributed by atoms with Crippen molar-refractivity contribution in [2.45, 2.75) is 32.1 Å². The van der Waals surface area contributed by atoms with Gasteiger partial charge in [0, 0.05) is 6.54 Å². The number of allylic oxidation sites excluding steroid dienone is 1.